The van der Waals surface area contributed by atoms with E-state index in [0.717, 1.165) is 37.9 Å². The van der Waals surface area contributed by atoms with E-state index in [-0.39, 0.29) is 11.5 Å². The Hall–Kier alpha value is -0.940. The predicted octanol–water partition coefficient (Wildman–Crippen LogP) is 3.35. The van der Waals surface area contributed by atoms with Crippen molar-refractivity contribution in [3.8, 4) is 0 Å². The highest BCUT2D eigenvalue weighted by atomic mass is 16.5. The molecule has 0 bridgehead atoms. The lowest BCUT2D eigenvalue weighted by atomic mass is 9.84. The molecule has 21 heavy (non-hydrogen) atoms. The lowest BCUT2D eigenvalue weighted by molar-refractivity contribution is -0.0777. The molecule has 1 aliphatic rings. The van der Waals surface area contributed by atoms with Crippen LogP contribution >= 0.6 is 0 Å². The molecule has 1 aromatic heterocycles. The van der Waals surface area contributed by atoms with E-state index in [0.29, 0.717) is 25.0 Å². The van der Waals surface area contributed by atoms with E-state index >= 15 is 0 Å². The third-order valence-electron chi connectivity index (χ3n) is 4.32. The Morgan fingerprint density at radius 3 is 2.57 bits per heavy atom. The third-order valence-corrected chi connectivity index (χ3v) is 4.32. The minimum absolute atomic E-state index is 0.147. The van der Waals surface area contributed by atoms with Gasteiger partial charge in [0.15, 0.2) is 0 Å². The molecule has 2 N–H and O–H groups in total. The Labute approximate surface area is 127 Å². The zero-order valence-electron chi connectivity index (χ0n) is 13.6. The van der Waals surface area contributed by atoms with Crippen molar-refractivity contribution in [2.24, 2.45) is 11.7 Å². The molecule has 0 radical (unpaired) electrons. The fourth-order valence-corrected chi connectivity index (χ4v) is 3.28. The Bertz CT molecular complexity index is 419. The number of ether oxygens (including phenoxy) is 1. The molecule has 1 atom stereocenters. The minimum atomic E-state index is -0.342. The highest BCUT2D eigenvalue weighted by molar-refractivity contribution is 5.05. The molecule has 1 unspecified atom stereocenters. The average molecular weight is 295 g/mol. The van der Waals surface area contributed by atoms with Crippen molar-refractivity contribution in [3.63, 3.8) is 0 Å². The van der Waals surface area contributed by atoms with Crippen LogP contribution in [0.3, 0.4) is 0 Å². The Kier molecular flexibility index (Phi) is 5.76. The van der Waals surface area contributed by atoms with Gasteiger partial charge in [0.25, 0.3) is 0 Å². The van der Waals surface area contributed by atoms with Crippen LogP contribution in [0.25, 0.3) is 0 Å². The van der Waals surface area contributed by atoms with Gasteiger partial charge in [0, 0.05) is 13.2 Å². The maximum atomic E-state index is 6.05. The molecule has 0 aliphatic heterocycles. The van der Waals surface area contributed by atoms with Gasteiger partial charge in [-0.3, -0.25) is 0 Å². The van der Waals surface area contributed by atoms with E-state index < -0.39 is 0 Å². The molecule has 0 aromatic carbocycles. The first-order valence-corrected chi connectivity index (χ1v) is 8.29. The van der Waals surface area contributed by atoms with Crippen LogP contribution in [0.1, 0.15) is 76.9 Å². The van der Waals surface area contributed by atoms with Gasteiger partial charge in [-0.25, -0.2) is 0 Å². The highest BCUT2D eigenvalue weighted by Gasteiger charge is 2.39. The van der Waals surface area contributed by atoms with Crippen LogP contribution in [0.4, 0.5) is 0 Å². The molecular weight excluding hydrogens is 266 g/mol. The summed E-state index contributed by atoms with van der Waals surface area (Å²) in [6, 6.07) is 0. The average Bonchev–Trinajstić information content (AvgIpc) is 2.96. The molecule has 5 nitrogen and oxygen atoms in total. The van der Waals surface area contributed by atoms with Crippen LogP contribution in [0.5, 0.6) is 0 Å². The number of hydrogen-bond donors (Lipinski definition) is 1. The molecule has 1 aromatic rings. The van der Waals surface area contributed by atoms with Gasteiger partial charge in [-0.15, -0.1) is 0 Å². The smallest absolute Gasteiger partial charge is 0.231 e. The number of rotatable bonds is 7. The van der Waals surface area contributed by atoms with Crippen LogP contribution in [0, 0.1) is 5.92 Å². The lowest BCUT2D eigenvalue weighted by Gasteiger charge is -2.33. The van der Waals surface area contributed by atoms with E-state index in [1.54, 1.807) is 0 Å². The molecule has 1 aliphatic carbocycles. The van der Waals surface area contributed by atoms with E-state index in [1.807, 2.05) is 6.92 Å². The maximum absolute atomic E-state index is 6.05. The first kappa shape index (κ1) is 16.4. The lowest BCUT2D eigenvalue weighted by Crippen LogP contribution is -2.33. The second-order valence-corrected chi connectivity index (χ2v) is 6.51. The maximum Gasteiger partial charge on any atom is 0.231 e. The number of aromatic nitrogens is 2. The summed E-state index contributed by atoms with van der Waals surface area (Å²) in [6.07, 6.45) is 6.53. The SMILES string of the molecule is CCOC1(c2noc(C(CN)CC(C)C)n2)CCCCC1. The van der Waals surface area contributed by atoms with E-state index in [9.17, 15) is 0 Å². The van der Waals surface area contributed by atoms with Gasteiger partial charge in [-0.05, 0) is 32.1 Å². The van der Waals surface area contributed by atoms with Crippen LogP contribution in [0.15, 0.2) is 4.52 Å². The topological polar surface area (TPSA) is 74.2 Å². The van der Waals surface area contributed by atoms with Crippen molar-refractivity contribution < 1.29 is 9.26 Å². The molecule has 120 valence electrons. The second-order valence-electron chi connectivity index (χ2n) is 6.51. The van der Waals surface area contributed by atoms with Crippen LogP contribution in [0.2, 0.25) is 0 Å². The summed E-state index contributed by atoms with van der Waals surface area (Å²) in [6.45, 7) is 7.61. The molecule has 0 amide bonds. The quantitative estimate of drug-likeness (QED) is 0.835. The van der Waals surface area contributed by atoms with E-state index in [4.69, 9.17) is 15.0 Å². The Balaban J connectivity index is 2.19. The van der Waals surface area contributed by atoms with Gasteiger partial charge in [-0.1, -0.05) is 38.3 Å². The first-order chi connectivity index (χ1) is 10.1. The molecule has 1 heterocycles. The summed E-state index contributed by atoms with van der Waals surface area (Å²) >= 11 is 0. The molecule has 5 heteroatoms. The van der Waals surface area contributed by atoms with Gasteiger partial charge in [0.1, 0.15) is 5.60 Å². The van der Waals surface area contributed by atoms with Crippen LogP contribution in [-0.4, -0.2) is 23.3 Å². The molecule has 1 saturated carbocycles. The summed E-state index contributed by atoms with van der Waals surface area (Å²) in [5.41, 5.74) is 5.53. The van der Waals surface area contributed by atoms with Crippen LogP contribution < -0.4 is 5.73 Å². The Morgan fingerprint density at radius 2 is 2.00 bits per heavy atom. The fraction of sp³-hybridized carbons (Fsp3) is 0.875. The zero-order valence-corrected chi connectivity index (χ0v) is 13.6. The van der Waals surface area contributed by atoms with Crippen molar-refractivity contribution in [1.29, 1.82) is 0 Å². The van der Waals surface area contributed by atoms with Crippen molar-refractivity contribution in [2.45, 2.75) is 70.8 Å². The molecule has 1 fully saturated rings. The Morgan fingerprint density at radius 1 is 1.29 bits per heavy atom. The zero-order chi connectivity index (χ0) is 15.3. The van der Waals surface area contributed by atoms with Crippen LogP contribution in [-0.2, 0) is 10.3 Å². The number of nitrogens with two attached hydrogens (primary N) is 1. The summed E-state index contributed by atoms with van der Waals surface area (Å²) < 4.78 is 11.6. The minimum Gasteiger partial charge on any atom is -0.367 e. The largest absolute Gasteiger partial charge is 0.367 e. The van der Waals surface area contributed by atoms with Gasteiger partial charge in [-0.2, -0.15) is 4.98 Å². The molecule has 2 rings (SSSR count). The molecular formula is C16H29N3O2. The molecule has 0 spiro atoms. The van der Waals surface area contributed by atoms with Gasteiger partial charge in [0.2, 0.25) is 11.7 Å². The van der Waals surface area contributed by atoms with E-state index in [1.165, 1.54) is 6.42 Å². The summed E-state index contributed by atoms with van der Waals surface area (Å²) in [4.78, 5) is 4.67. The number of hydrogen-bond acceptors (Lipinski definition) is 5. The van der Waals surface area contributed by atoms with Gasteiger partial charge in [0.05, 0.1) is 5.92 Å². The van der Waals surface area contributed by atoms with Crippen molar-refractivity contribution in [1.82, 2.24) is 10.1 Å². The number of nitrogens with zero attached hydrogens (tertiary/aromatic N) is 2. The standard InChI is InChI=1S/C16H29N3O2/c1-4-20-16(8-6-5-7-9-16)15-18-14(21-19-15)13(11-17)10-12(2)3/h12-13H,4-11,17H2,1-3H3. The normalized spacial score (nSPS) is 19.9. The van der Waals surface area contributed by atoms with Crippen molar-refractivity contribution in [3.05, 3.63) is 11.7 Å². The summed E-state index contributed by atoms with van der Waals surface area (Å²) in [7, 11) is 0. The monoisotopic (exact) mass is 295 g/mol. The van der Waals surface area contributed by atoms with E-state index in [2.05, 4.69) is 24.0 Å². The predicted molar refractivity (Wildman–Crippen MR) is 81.9 cm³/mol. The highest BCUT2D eigenvalue weighted by Crippen LogP contribution is 2.39. The molecule has 0 saturated heterocycles. The van der Waals surface area contributed by atoms with Gasteiger partial charge < -0.3 is 15.0 Å². The summed E-state index contributed by atoms with van der Waals surface area (Å²) in [5.74, 6) is 2.10. The fourth-order valence-electron chi connectivity index (χ4n) is 3.28. The first-order valence-electron chi connectivity index (χ1n) is 8.29. The summed E-state index contributed by atoms with van der Waals surface area (Å²) in [5, 5.41) is 4.24. The van der Waals surface area contributed by atoms with Crippen molar-refractivity contribution >= 4 is 0 Å². The van der Waals surface area contributed by atoms with Crippen molar-refractivity contribution in [2.75, 3.05) is 13.2 Å². The third kappa shape index (κ3) is 3.83. The second kappa shape index (κ2) is 7.36. The van der Waals surface area contributed by atoms with Gasteiger partial charge >= 0.3 is 0 Å².